The topological polar surface area (TPSA) is 85.8 Å². The van der Waals surface area contributed by atoms with Gasteiger partial charge in [0.25, 0.3) is 0 Å². The number of hydrogen-bond donors (Lipinski definition) is 0. The monoisotopic (exact) mass is 592 g/mol. The SMILES string of the molecule is COc1ccc(C2C(C(=O)c3ccccc3)N3c4c(ccc5cccnc45)C=CC3C23C(=O)c2ccccc2C3=O)c(OC)c1. The van der Waals surface area contributed by atoms with Gasteiger partial charge in [-0.2, -0.15) is 0 Å². The van der Waals surface area contributed by atoms with E-state index in [2.05, 4.69) is 0 Å². The molecule has 1 fully saturated rings. The van der Waals surface area contributed by atoms with Gasteiger partial charge in [-0.3, -0.25) is 19.4 Å². The summed E-state index contributed by atoms with van der Waals surface area (Å²) in [6.45, 7) is 0. The summed E-state index contributed by atoms with van der Waals surface area (Å²) in [4.78, 5) is 51.8. The van der Waals surface area contributed by atoms with Gasteiger partial charge in [0.2, 0.25) is 0 Å². The fraction of sp³-hybridized carbons (Fsp3) is 0.158. The van der Waals surface area contributed by atoms with E-state index in [1.165, 1.54) is 0 Å². The number of fused-ring (bicyclic) bond motifs is 7. The van der Waals surface area contributed by atoms with Gasteiger partial charge in [0.15, 0.2) is 17.3 Å². The Kier molecular flexibility index (Phi) is 6.00. The Bertz CT molecular complexity index is 2050. The molecule has 5 aromatic rings. The first-order chi connectivity index (χ1) is 22.0. The molecule has 8 rings (SSSR count). The van der Waals surface area contributed by atoms with Crippen molar-refractivity contribution in [3.05, 3.63) is 137 Å². The minimum absolute atomic E-state index is 0.203. The van der Waals surface area contributed by atoms with E-state index in [-0.39, 0.29) is 17.3 Å². The highest BCUT2D eigenvalue weighted by atomic mass is 16.5. The number of pyridine rings is 1. The van der Waals surface area contributed by atoms with E-state index >= 15 is 4.79 Å². The molecular weight excluding hydrogens is 564 g/mol. The zero-order valence-electron chi connectivity index (χ0n) is 24.6. The Hall–Kier alpha value is -5.56. The van der Waals surface area contributed by atoms with E-state index in [9.17, 15) is 9.59 Å². The maximum absolute atomic E-state index is 15.0. The summed E-state index contributed by atoms with van der Waals surface area (Å²) in [5, 5.41) is 0.892. The van der Waals surface area contributed by atoms with Crippen LogP contribution in [0.5, 0.6) is 11.5 Å². The molecule has 0 N–H and O–H groups in total. The molecule has 0 bridgehead atoms. The van der Waals surface area contributed by atoms with Gasteiger partial charge in [0, 0.05) is 45.8 Å². The first-order valence-electron chi connectivity index (χ1n) is 14.8. The van der Waals surface area contributed by atoms with Crippen molar-refractivity contribution in [1.29, 1.82) is 0 Å². The van der Waals surface area contributed by atoms with Crippen molar-refractivity contribution in [2.45, 2.75) is 18.0 Å². The molecule has 0 saturated carbocycles. The first kappa shape index (κ1) is 27.0. The van der Waals surface area contributed by atoms with Crippen LogP contribution in [0.15, 0.2) is 109 Å². The number of nitrogens with zero attached hydrogens (tertiary/aromatic N) is 2. The maximum atomic E-state index is 15.0. The number of carbonyl (C=O) groups is 3. The van der Waals surface area contributed by atoms with Crippen LogP contribution in [0.4, 0.5) is 5.69 Å². The van der Waals surface area contributed by atoms with Crippen molar-refractivity contribution in [3.8, 4) is 11.5 Å². The molecule has 0 amide bonds. The first-order valence-corrected chi connectivity index (χ1v) is 14.8. The number of carbonyl (C=O) groups excluding carboxylic acids is 3. The van der Waals surface area contributed by atoms with Gasteiger partial charge in [0.05, 0.1) is 31.5 Å². The Morgan fingerprint density at radius 2 is 1.56 bits per heavy atom. The third kappa shape index (κ3) is 3.58. The molecule has 7 heteroatoms. The summed E-state index contributed by atoms with van der Waals surface area (Å²) in [5.41, 5.74) is 2.41. The van der Waals surface area contributed by atoms with Crippen molar-refractivity contribution in [3.63, 3.8) is 0 Å². The molecule has 2 aliphatic heterocycles. The Balaban J connectivity index is 1.50. The average molecular weight is 593 g/mol. The van der Waals surface area contributed by atoms with Gasteiger partial charge in [-0.1, -0.05) is 91.0 Å². The lowest BCUT2D eigenvalue weighted by Gasteiger charge is -2.37. The highest BCUT2D eigenvalue weighted by Crippen LogP contribution is 2.62. The average Bonchev–Trinajstić information content (AvgIpc) is 3.53. The molecule has 0 radical (unpaired) electrons. The van der Waals surface area contributed by atoms with Crippen molar-refractivity contribution in [1.82, 2.24) is 4.98 Å². The third-order valence-electron chi connectivity index (χ3n) is 9.64. The van der Waals surface area contributed by atoms with E-state index in [0.29, 0.717) is 39.3 Å². The van der Waals surface area contributed by atoms with E-state index in [1.54, 1.807) is 68.9 Å². The molecule has 1 spiro atoms. The molecule has 3 atom stereocenters. The van der Waals surface area contributed by atoms with Crippen molar-refractivity contribution >= 4 is 40.0 Å². The molecule has 3 aliphatic rings. The highest BCUT2D eigenvalue weighted by molar-refractivity contribution is 6.32. The van der Waals surface area contributed by atoms with Crippen molar-refractivity contribution < 1.29 is 23.9 Å². The molecule has 45 heavy (non-hydrogen) atoms. The summed E-state index contributed by atoms with van der Waals surface area (Å²) in [6.07, 6.45) is 5.59. The predicted molar refractivity (Wildman–Crippen MR) is 171 cm³/mol. The Morgan fingerprint density at radius 3 is 2.27 bits per heavy atom. The van der Waals surface area contributed by atoms with Crippen LogP contribution in [0, 0.1) is 5.41 Å². The maximum Gasteiger partial charge on any atom is 0.185 e. The summed E-state index contributed by atoms with van der Waals surface area (Å²) < 4.78 is 11.4. The smallest absolute Gasteiger partial charge is 0.185 e. The van der Waals surface area contributed by atoms with Crippen molar-refractivity contribution in [2.24, 2.45) is 5.41 Å². The fourth-order valence-electron chi connectivity index (χ4n) is 7.78. The van der Waals surface area contributed by atoms with E-state index in [1.807, 2.05) is 65.6 Å². The lowest BCUT2D eigenvalue weighted by atomic mass is 9.64. The Labute approximate surface area is 259 Å². The minimum Gasteiger partial charge on any atom is -0.497 e. The molecule has 1 aromatic heterocycles. The quantitative estimate of drug-likeness (QED) is 0.169. The largest absolute Gasteiger partial charge is 0.497 e. The molecule has 3 unspecified atom stereocenters. The highest BCUT2D eigenvalue weighted by Gasteiger charge is 2.72. The number of aromatic nitrogens is 1. The van der Waals surface area contributed by atoms with Gasteiger partial charge in [-0.05, 0) is 17.7 Å². The number of ether oxygens (including phenoxy) is 2. The Morgan fingerprint density at radius 1 is 0.822 bits per heavy atom. The summed E-state index contributed by atoms with van der Waals surface area (Å²) in [5.74, 6) is -0.735. The number of methoxy groups -OCH3 is 2. The van der Waals surface area contributed by atoms with Crippen LogP contribution < -0.4 is 14.4 Å². The zero-order valence-corrected chi connectivity index (χ0v) is 24.6. The molecule has 1 aliphatic carbocycles. The summed E-state index contributed by atoms with van der Waals surface area (Å²) in [7, 11) is 3.11. The van der Waals surface area contributed by atoms with Crippen LogP contribution in [0.2, 0.25) is 0 Å². The lowest BCUT2D eigenvalue weighted by molar-refractivity contribution is 0.0665. The molecule has 4 aromatic carbocycles. The second kappa shape index (κ2) is 9.99. The van der Waals surface area contributed by atoms with Crippen LogP contribution in [0.3, 0.4) is 0 Å². The lowest BCUT2D eigenvalue weighted by Crippen LogP contribution is -2.48. The minimum atomic E-state index is -1.66. The van der Waals surface area contributed by atoms with Crippen LogP contribution in [-0.2, 0) is 0 Å². The van der Waals surface area contributed by atoms with E-state index < -0.39 is 23.4 Å². The normalized spacial score (nSPS) is 20.7. The predicted octanol–water partition coefficient (Wildman–Crippen LogP) is 6.57. The number of anilines is 1. The van der Waals surface area contributed by atoms with Gasteiger partial charge in [0.1, 0.15) is 23.0 Å². The van der Waals surface area contributed by atoms with E-state index in [0.717, 1.165) is 16.6 Å². The second-order valence-corrected chi connectivity index (χ2v) is 11.6. The van der Waals surface area contributed by atoms with Crippen molar-refractivity contribution in [2.75, 3.05) is 19.1 Å². The van der Waals surface area contributed by atoms with Crippen LogP contribution in [-0.4, -0.2) is 48.6 Å². The molecule has 1 saturated heterocycles. The van der Waals surface area contributed by atoms with Crippen LogP contribution >= 0.6 is 0 Å². The number of rotatable bonds is 5. The number of ketones is 3. The van der Waals surface area contributed by atoms with Gasteiger partial charge < -0.3 is 14.4 Å². The summed E-state index contributed by atoms with van der Waals surface area (Å²) >= 11 is 0. The number of hydrogen-bond acceptors (Lipinski definition) is 7. The molecular formula is C38H28N2O5. The van der Waals surface area contributed by atoms with E-state index in [4.69, 9.17) is 14.5 Å². The number of Topliss-reactive ketones (excluding diaryl/α,β-unsaturated/α-hetero) is 3. The fourth-order valence-corrected chi connectivity index (χ4v) is 7.78. The summed E-state index contributed by atoms with van der Waals surface area (Å²) in [6, 6.07) is 27.5. The van der Waals surface area contributed by atoms with Crippen LogP contribution in [0.25, 0.3) is 17.0 Å². The molecule has 7 nitrogen and oxygen atoms in total. The molecule has 3 heterocycles. The standard InChI is InChI=1S/C38H28N2O5/c1-44-25-17-18-28(29(21-25)45-2)31-34(35(41)24-9-4-3-5-10-24)40-30(38(31)36(42)26-12-6-7-13-27(26)37(38)43)19-16-23-15-14-22-11-8-20-39-32(22)33(23)40/h3-21,30-31,34H,1-2H3. The van der Waals surface area contributed by atoms with Crippen LogP contribution in [0.1, 0.15) is 48.1 Å². The number of benzene rings is 4. The second-order valence-electron chi connectivity index (χ2n) is 11.6. The third-order valence-corrected chi connectivity index (χ3v) is 9.64. The van der Waals surface area contributed by atoms with Gasteiger partial charge >= 0.3 is 0 Å². The van der Waals surface area contributed by atoms with Gasteiger partial charge in [-0.25, -0.2) is 0 Å². The zero-order chi connectivity index (χ0) is 30.9. The van der Waals surface area contributed by atoms with Gasteiger partial charge in [-0.15, -0.1) is 0 Å². The molecule has 220 valence electrons.